The van der Waals surface area contributed by atoms with Gasteiger partial charge < -0.3 is 10.4 Å². The summed E-state index contributed by atoms with van der Waals surface area (Å²) < 4.78 is 0. The predicted octanol–water partition coefficient (Wildman–Crippen LogP) is 2.82. The van der Waals surface area contributed by atoms with Gasteiger partial charge in [0, 0.05) is 13.5 Å². The van der Waals surface area contributed by atoms with E-state index in [0.29, 0.717) is 34.1 Å². The molecular formula is C16H16N4O2S. The molecule has 0 spiro atoms. The summed E-state index contributed by atoms with van der Waals surface area (Å²) in [6, 6.07) is 9.51. The maximum absolute atomic E-state index is 11.4. The summed E-state index contributed by atoms with van der Waals surface area (Å²) in [7, 11) is 0. The van der Waals surface area contributed by atoms with Crippen molar-refractivity contribution in [1.29, 1.82) is 0 Å². The number of aliphatic hydroxyl groups is 1. The molecule has 6 nitrogen and oxygen atoms in total. The third kappa shape index (κ3) is 3.52. The summed E-state index contributed by atoms with van der Waals surface area (Å²) in [5.41, 5.74) is 1.48. The number of carbonyl (C=O) groups is 1. The molecular weight excluding hydrogens is 312 g/mol. The average molecular weight is 328 g/mol. The number of benzene rings is 1. The van der Waals surface area contributed by atoms with E-state index in [2.05, 4.69) is 20.3 Å². The first kappa shape index (κ1) is 15.5. The molecule has 0 amide bonds. The quantitative estimate of drug-likeness (QED) is 0.677. The number of carbonyl (C=O) groups excluding carboxylic acids is 1. The lowest BCUT2D eigenvalue weighted by atomic mass is 10.1. The first-order valence-corrected chi connectivity index (χ1v) is 8.06. The lowest BCUT2D eigenvalue weighted by Gasteiger charge is -2.11. The van der Waals surface area contributed by atoms with Gasteiger partial charge in [0.25, 0.3) is 0 Å². The van der Waals surface area contributed by atoms with Crippen molar-refractivity contribution in [2.24, 2.45) is 0 Å². The molecule has 2 N–H and O–H groups in total. The zero-order chi connectivity index (χ0) is 16.2. The largest absolute Gasteiger partial charge is 0.388 e. The molecule has 0 saturated carbocycles. The molecule has 0 aliphatic rings. The van der Waals surface area contributed by atoms with E-state index in [4.69, 9.17) is 0 Å². The number of Topliss-reactive ketones (excluding diaryl/α,β-unsaturated/α-hetero) is 1. The summed E-state index contributed by atoms with van der Waals surface area (Å²) in [5, 5.41) is 13.7. The molecule has 0 aliphatic heterocycles. The summed E-state index contributed by atoms with van der Waals surface area (Å²) in [5.74, 6) is 0.498. The second-order valence-corrected chi connectivity index (χ2v) is 6.07. The number of thiazole rings is 1. The number of ketones is 1. The number of fused-ring (bicyclic) bond motifs is 1. The van der Waals surface area contributed by atoms with Crippen molar-refractivity contribution < 1.29 is 9.90 Å². The molecule has 2 aromatic heterocycles. The van der Waals surface area contributed by atoms with Crippen LogP contribution in [0.3, 0.4) is 0 Å². The monoisotopic (exact) mass is 328 g/mol. The van der Waals surface area contributed by atoms with Gasteiger partial charge in [-0.3, -0.25) is 4.79 Å². The third-order valence-corrected chi connectivity index (χ3v) is 4.46. The minimum absolute atomic E-state index is 0.0848. The van der Waals surface area contributed by atoms with Crippen molar-refractivity contribution in [1.82, 2.24) is 15.0 Å². The fourth-order valence-electron chi connectivity index (χ4n) is 2.20. The zero-order valence-corrected chi connectivity index (χ0v) is 13.4. The van der Waals surface area contributed by atoms with Gasteiger partial charge in [0.1, 0.15) is 16.7 Å². The third-order valence-electron chi connectivity index (χ3n) is 3.39. The normalized spacial score (nSPS) is 12.3. The van der Waals surface area contributed by atoms with Gasteiger partial charge in [-0.15, -0.1) is 0 Å². The Bertz CT molecular complexity index is 819. The molecule has 3 aromatic rings. The zero-order valence-electron chi connectivity index (χ0n) is 12.6. The molecule has 23 heavy (non-hydrogen) atoms. The Morgan fingerprint density at radius 3 is 2.83 bits per heavy atom. The molecule has 0 fully saturated rings. The van der Waals surface area contributed by atoms with E-state index in [-0.39, 0.29) is 5.78 Å². The SMILES string of the molecule is CC(=O)c1nc2c(NCCC(O)c3ccccc3)ncnc2s1. The number of hydrogen-bond donors (Lipinski definition) is 2. The van der Waals surface area contributed by atoms with Crippen molar-refractivity contribution in [3.63, 3.8) is 0 Å². The molecule has 118 valence electrons. The van der Waals surface area contributed by atoms with Crippen LogP contribution >= 0.6 is 11.3 Å². The number of rotatable bonds is 6. The summed E-state index contributed by atoms with van der Waals surface area (Å²) in [4.78, 5) is 24.7. The van der Waals surface area contributed by atoms with Crippen LogP contribution in [0.25, 0.3) is 10.3 Å². The number of aliphatic hydroxyl groups excluding tert-OH is 1. The van der Waals surface area contributed by atoms with E-state index in [0.717, 1.165) is 5.56 Å². The van der Waals surface area contributed by atoms with Crippen LogP contribution in [0.2, 0.25) is 0 Å². The fraction of sp³-hybridized carbons (Fsp3) is 0.250. The Morgan fingerprint density at radius 1 is 1.30 bits per heavy atom. The van der Waals surface area contributed by atoms with Gasteiger partial charge in [0.05, 0.1) is 6.10 Å². The van der Waals surface area contributed by atoms with E-state index in [1.54, 1.807) is 0 Å². The highest BCUT2D eigenvalue weighted by atomic mass is 32.1. The minimum Gasteiger partial charge on any atom is -0.388 e. The Balaban J connectivity index is 1.69. The number of hydrogen-bond acceptors (Lipinski definition) is 7. The van der Waals surface area contributed by atoms with Gasteiger partial charge in [-0.2, -0.15) is 0 Å². The molecule has 2 heterocycles. The van der Waals surface area contributed by atoms with Crippen LogP contribution < -0.4 is 5.32 Å². The maximum atomic E-state index is 11.4. The Labute approximate surface area is 137 Å². The van der Waals surface area contributed by atoms with Crippen LogP contribution in [-0.4, -0.2) is 32.4 Å². The van der Waals surface area contributed by atoms with Crippen molar-refractivity contribution >= 4 is 33.3 Å². The van der Waals surface area contributed by atoms with Crippen LogP contribution in [0.15, 0.2) is 36.7 Å². The second kappa shape index (κ2) is 6.80. The second-order valence-electron chi connectivity index (χ2n) is 5.09. The van der Waals surface area contributed by atoms with Gasteiger partial charge in [-0.1, -0.05) is 41.7 Å². The van der Waals surface area contributed by atoms with E-state index >= 15 is 0 Å². The van der Waals surface area contributed by atoms with Crippen LogP contribution in [0.4, 0.5) is 5.82 Å². The van der Waals surface area contributed by atoms with Gasteiger partial charge in [0.15, 0.2) is 16.6 Å². The molecule has 1 unspecified atom stereocenters. The minimum atomic E-state index is -0.538. The predicted molar refractivity (Wildman–Crippen MR) is 89.7 cm³/mol. The van der Waals surface area contributed by atoms with Gasteiger partial charge in [-0.25, -0.2) is 15.0 Å². The lowest BCUT2D eigenvalue weighted by molar-refractivity contribution is 0.101. The summed E-state index contributed by atoms with van der Waals surface area (Å²) >= 11 is 1.26. The molecule has 0 radical (unpaired) electrons. The molecule has 7 heteroatoms. The topological polar surface area (TPSA) is 88.0 Å². The fourth-order valence-corrected chi connectivity index (χ4v) is 3.01. The Morgan fingerprint density at radius 2 is 2.09 bits per heavy atom. The summed E-state index contributed by atoms with van der Waals surface area (Å²) in [6.07, 6.45) is 1.45. The average Bonchev–Trinajstić information content (AvgIpc) is 3.01. The molecule has 0 saturated heterocycles. The smallest absolute Gasteiger partial charge is 0.188 e. The molecule has 0 bridgehead atoms. The van der Waals surface area contributed by atoms with E-state index in [9.17, 15) is 9.90 Å². The highest BCUT2D eigenvalue weighted by molar-refractivity contribution is 7.19. The highest BCUT2D eigenvalue weighted by Gasteiger charge is 2.13. The number of aromatic nitrogens is 3. The van der Waals surface area contributed by atoms with Crippen molar-refractivity contribution in [2.45, 2.75) is 19.4 Å². The van der Waals surface area contributed by atoms with Crippen LogP contribution in [-0.2, 0) is 0 Å². The molecule has 3 rings (SSSR count). The van der Waals surface area contributed by atoms with Gasteiger partial charge >= 0.3 is 0 Å². The first-order valence-electron chi connectivity index (χ1n) is 7.24. The lowest BCUT2D eigenvalue weighted by Crippen LogP contribution is -2.09. The highest BCUT2D eigenvalue weighted by Crippen LogP contribution is 2.25. The molecule has 1 aromatic carbocycles. The van der Waals surface area contributed by atoms with Crippen LogP contribution in [0.1, 0.15) is 34.8 Å². The molecule has 0 aliphatic carbocycles. The van der Waals surface area contributed by atoms with Crippen molar-refractivity contribution in [3.8, 4) is 0 Å². The van der Waals surface area contributed by atoms with E-state index < -0.39 is 6.10 Å². The maximum Gasteiger partial charge on any atom is 0.188 e. The number of nitrogens with one attached hydrogen (secondary N) is 1. The van der Waals surface area contributed by atoms with Crippen LogP contribution in [0.5, 0.6) is 0 Å². The number of anilines is 1. The standard InChI is InChI=1S/C16H16N4O2S/c1-10(21)15-20-13-14(18-9-19-16(13)23-15)17-8-7-12(22)11-5-3-2-4-6-11/h2-6,9,12,22H,7-8H2,1H3,(H,17,18,19). The molecule has 1 atom stereocenters. The Kier molecular flexibility index (Phi) is 4.59. The van der Waals surface area contributed by atoms with Crippen molar-refractivity contribution in [3.05, 3.63) is 47.2 Å². The van der Waals surface area contributed by atoms with Gasteiger partial charge in [-0.05, 0) is 12.0 Å². The van der Waals surface area contributed by atoms with Crippen molar-refractivity contribution in [2.75, 3.05) is 11.9 Å². The van der Waals surface area contributed by atoms with Gasteiger partial charge in [0.2, 0.25) is 0 Å². The van der Waals surface area contributed by atoms with E-state index in [1.165, 1.54) is 24.6 Å². The van der Waals surface area contributed by atoms with Crippen LogP contribution in [0, 0.1) is 0 Å². The first-order chi connectivity index (χ1) is 11.1. The van der Waals surface area contributed by atoms with E-state index in [1.807, 2.05) is 30.3 Å². The Hall–Kier alpha value is -2.38. The summed E-state index contributed by atoms with van der Waals surface area (Å²) in [6.45, 7) is 2.02. The number of nitrogens with zero attached hydrogens (tertiary/aromatic N) is 3.